The summed E-state index contributed by atoms with van der Waals surface area (Å²) in [6, 6.07) is 4.39. The first-order valence-electron chi connectivity index (χ1n) is 4.47. The van der Waals surface area contributed by atoms with Gasteiger partial charge >= 0.3 is 0 Å². The molecule has 88 valence electrons. The van der Waals surface area contributed by atoms with Crippen molar-refractivity contribution in [3.8, 4) is 5.75 Å². The Hall–Kier alpha value is -1.18. The van der Waals surface area contributed by atoms with Crippen LogP contribution in [0.15, 0.2) is 28.4 Å². The van der Waals surface area contributed by atoms with E-state index in [-0.39, 0.29) is 17.3 Å². The molecule has 0 bridgehead atoms. The number of azo groups is 1. The maximum Gasteiger partial charge on any atom is 0.262 e. The molecule has 2 N–H and O–H groups in total. The van der Waals surface area contributed by atoms with Crippen LogP contribution in [0.25, 0.3) is 0 Å². The van der Waals surface area contributed by atoms with Crippen LogP contribution in [0.4, 0.5) is 5.69 Å². The van der Waals surface area contributed by atoms with E-state index in [0.29, 0.717) is 9.34 Å². The molecule has 1 fully saturated rings. The molecule has 1 aliphatic heterocycles. The summed E-state index contributed by atoms with van der Waals surface area (Å²) in [5.74, 6) is -0.366. The normalized spacial score (nSPS) is 19.9. The highest BCUT2D eigenvalue weighted by Crippen LogP contribution is 2.31. The number of thiocarbonyl (C=S) groups is 1. The van der Waals surface area contributed by atoms with Crippen molar-refractivity contribution in [2.75, 3.05) is 0 Å². The van der Waals surface area contributed by atoms with Gasteiger partial charge in [-0.3, -0.25) is 4.79 Å². The Kier molecular flexibility index (Phi) is 3.60. The summed E-state index contributed by atoms with van der Waals surface area (Å²) in [7, 11) is 0. The average Bonchev–Trinajstić information content (AvgIpc) is 2.59. The van der Waals surface area contributed by atoms with E-state index in [1.807, 2.05) is 0 Å². The first-order chi connectivity index (χ1) is 8.06. The second-order valence-electron chi connectivity index (χ2n) is 3.10. The Morgan fingerprint density at radius 2 is 2.29 bits per heavy atom. The number of carbonyl (C=O) groups is 1. The minimum atomic E-state index is -0.708. The van der Waals surface area contributed by atoms with E-state index < -0.39 is 5.37 Å². The van der Waals surface area contributed by atoms with E-state index in [1.165, 1.54) is 18.2 Å². The monoisotopic (exact) mass is 287 g/mol. The Bertz CT molecular complexity index is 521. The fourth-order valence-corrected chi connectivity index (χ4v) is 2.28. The topological polar surface area (TPSA) is 74.0 Å². The zero-order valence-corrected chi connectivity index (χ0v) is 10.6. The molecular formula is C9H6ClN3O2S2. The van der Waals surface area contributed by atoms with Gasteiger partial charge in [0, 0.05) is 5.02 Å². The third-order valence-electron chi connectivity index (χ3n) is 1.88. The predicted molar refractivity (Wildman–Crippen MR) is 69.8 cm³/mol. The maximum atomic E-state index is 11.3. The van der Waals surface area contributed by atoms with Gasteiger partial charge in [-0.15, -0.1) is 0 Å². The van der Waals surface area contributed by atoms with E-state index in [2.05, 4.69) is 15.5 Å². The fourth-order valence-electron chi connectivity index (χ4n) is 1.11. The first-order valence-corrected chi connectivity index (χ1v) is 6.14. The van der Waals surface area contributed by atoms with Crippen LogP contribution in [0.2, 0.25) is 5.02 Å². The minimum Gasteiger partial charge on any atom is -0.506 e. The van der Waals surface area contributed by atoms with Crippen LogP contribution in [0, 0.1) is 0 Å². The number of aromatic hydroxyl groups is 1. The molecule has 2 rings (SSSR count). The van der Waals surface area contributed by atoms with Crippen molar-refractivity contribution in [3.05, 3.63) is 23.2 Å². The number of amides is 1. The molecule has 1 saturated heterocycles. The van der Waals surface area contributed by atoms with Crippen LogP contribution in [-0.2, 0) is 4.79 Å². The summed E-state index contributed by atoms with van der Waals surface area (Å²) in [6.45, 7) is 0. The molecule has 0 radical (unpaired) electrons. The van der Waals surface area contributed by atoms with E-state index >= 15 is 0 Å². The second kappa shape index (κ2) is 4.99. The number of benzene rings is 1. The van der Waals surface area contributed by atoms with Crippen LogP contribution in [0.1, 0.15) is 0 Å². The minimum absolute atomic E-state index is 0.0517. The van der Waals surface area contributed by atoms with Crippen LogP contribution in [-0.4, -0.2) is 20.7 Å². The van der Waals surface area contributed by atoms with Gasteiger partial charge in [0.2, 0.25) is 5.37 Å². The van der Waals surface area contributed by atoms with Crippen molar-refractivity contribution >= 4 is 51.5 Å². The molecule has 1 amide bonds. The van der Waals surface area contributed by atoms with Crippen LogP contribution >= 0.6 is 35.6 Å². The van der Waals surface area contributed by atoms with Crippen LogP contribution in [0.3, 0.4) is 0 Å². The van der Waals surface area contributed by atoms with E-state index in [4.69, 9.17) is 23.8 Å². The van der Waals surface area contributed by atoms with Gasteiger partial charge in [0.1, 0.15) is 15.8 Å². The van der Waals surface area contributed by atoms with E-state index in [9.17, 15) is 9.90 Å². The molecule has 1 heterocycles. The summed E-state index contributed by atoms with van der Waals surface area (Å²) in [5, 5.41) is 19.2. The standard InChI is InChI=1S/C9H6ClN3O2S2/c10-4-1-2-6(14)5(3-4)12-13-8-7(15)11-9(16)17-8/h1-3,8,14H,(H,11,15,16). The molecule has 1 aromatic rings. The van der Waals surface area contributed by atoms with Gasteiger partial charge in [0.15, 0.2) is 0 Å². The molecular weight excluding hydrogens is 282 g/mol. The van der Waals surface area contributed by atoms with Gasteiger partial charge in [-0.2, -0.15) is 10.2 Å². The molecule has 5 nitrogen and oxygen atoms in total. The number of rotatable bonds is 2. The van der Waals surface area contributed by atoms with Crippen LogP contribution in [0.5, 0.6) is 5.75 Å². The van der Waals surface area contributed by atoms with Crippen molar-refractivity contribution < 1.29 is 9.90 Å². The zero-order chi connectivity index (χ0) is 12.4. The van der Waals surface area contributed by atoms with Crippen molar-refractivity contribution in [2.24, 2.45) is 10.2 Å². The van der Waals surface area contributed by atoms with E-state index in [1.54, 1.807) is 0 Å². The molecule has 8 heteroatoms. The summed E-state index contributed by atoms with van der Waals surface area (Å²) in [5.41, 5.74) is 0.212. The molecule has 1 aliphatic rings. The van der Waals surface area contributed by atoms with Gasteiger partial charge in [-0.05, 0) is 18.2 Å². The van der Waals surface area contributed by atoms with Gasteiger partial charge in [-0.25, -0.2) is 0 Å². The number of phenols is 1. The molecule has 17 heavy (non-hydrogen) atoms. The Labute approximate surface area is 111 Å². The van der Waals surface area contributed by atoms with Crippen molar-refractivity contribution in [3.63, 3.8) is 0 Å². The number of carbonyl (C=O) groups excluding carboxylic acids is 1. The molecule has 1 aromatic carbocycles. The zero-order valence-electron chi connectivity index (χ0n) is 8.25. The average molecular weight is 288 g/mol. The van der Waals surface area contributed by atoms with Gasteiger partial charge in [0.05, 0.1) is 0 Å². The molecule has 1 atom stereocenters. The largest absolute Gasteiger partial charge is 0.506 e. The highest BCUT2D eigenvalue weighted by Gasteiger charge is 2.28. The first kappa shape index (κ1) is 12.3. The Balaban J connectivity index is 2.18. The number of nitrogens with zero attached hydrogens (tertiary/aromatic N) is 2. The third kappa shape index (κ3) is 2.93. The fraction of sp³-hybridized carbons (Fsp3) is 0.111. The molecule has 0 saturated carbocycles. The van der Waals surface area contributed by atoms with Crippen LogP contribution < -0.4 is 5.32 Å². The smallest absolute Gasteiger partial charge is 0.262 e. The summed E-state index contributed by atoms with van der Waals surface area (Å²) < 4.78 is 0.370. The van der Waals surface area contributed by atoms with Crippen molar-refractivity contribution in [1.29, 1.82) is 0 Å². The number of halogens is 1. The number of hydrogen-bond acceptors (Lipinski definition) is 6. The van der Waals surface area contributed by atoms with E-state index in [0.717, 1.165) is 11.8 Å². The van der Waals surface area contributed by atoms with Crippen molar-refractivity contribution in [1.82, 2.24) is 5.32 Å². The Morgan fingerprint density at radius 3 is 2.94 bits per heavy atom. The lowest BCUT2D eigenvalue weighted by molar-refractivity contribution is -0.118. The maximum absolute atomic E-state index is 11.3. The van der Waals surface area contributed by atoms with Crippen molar-refractivity contribution in [2.45, 2.75) is 5.37 Å². The molecule has 0 aliphatic carbocycles. The lowest BCUT2D eigenvalue weighted by atomic mass is 10.3. The lowest BCUT2D eigenvalue weighted by Gasteiger charge is -1.99. The predicted octanol–water partition coefficient (Wildman–Crippen LogP) is 2.60. The highest BCUT2D eigenvalue weighted by molar-refractivity contribution is 8.24. The molecule has 0 aromatic heterocycles. The number of thioether (sulfide) groups is 1. The Morgan fingerprint density at radius 1 is 1.53 bits per heavy atom. The summed E-state index contributed by atoms with van der Waals surface area (Å²) in [4.78, 5) is 11.3. The molecule has 0 spiro atoms. The van der Waals surface area contributed by atoms with Gasteiger partial charge < -0.3 is 10.4 Å². The second-order valence-corrected chi connectivity index (χ2v) is 5.29. The quantitative estimate of drug-likeness (QED) is 0.648. The third-order valence-corrected chi connectivity index (χ3v) is 3.35. The SMILES string of the molecule is O=C1NC(=S)SC1N=Nc1cc(Cl)ccc1O. The lowest BCUT2D eigenvalue weighted by Crippen LogP contribution is -2.22. The number of phenolic OH excluding ortho intramolecular Hbond substituents is 1. The van der Waals surface area contributed by atoms with Gasteiger partial charge in [-0.1, -0.05) is 35.6 Å². The molecule has 1 unspecified atom stereocenters. The highest BCUT2D eigenvalue weighted by atomic mass is 35.5. The summed E-state index contributed by atoms with van der Waals surface area (Å²) in [6.07, 6.45) is 0. The van der Waals surface area contributed by atoms with Gasteiger partial charge in [0.25, 0.3) is 5.91 Å². The summed E-state index contributed by atoms with van der Waals surface area (Å²) >= 11 is 11.7. The number of hydrogen-bond donors (Lipinski definition) is 2. The number of nitrogens with one attached hydrogen (secondary N) is 1.